The molecule has 0 bridgehead atoms. The zero-order valence-electron chi connectivity index (χ0n) is 12.4. The number of alkyl halides is 3. The molecule has 126 valence electrons. The van der Waals surface area contributed by atoms with Crippen molar-refractivity contribution >= 4 is 12.0 Å². The minimum Gasteiger partial charge on any atom is -0.481 e. The van der Waals surface area contributed by atoms with Crippen LogP contribution in [0.15, 0.2) is 18.3 Å². The molecule has 2 heterocycles. The van der Waals surface area contributed by atoms with E-state index in [0.29, 0.717) is 13.0 Å². The highest BCUT2D eigenvalue weighted by atomic mass is 19.4. The van der Waals surface area contributed by atoms with Gasteiger partial charge in [-0.1, -0.05) is 0 Å². The number of nitrogens with zero attached hydrogens (tertiary/aromatic N) is 2. The average Bonchev–Trinajstić information content (AvgIpc) is 2.88. The van der Waals surface area contributed by atoms with Gasteiger partial charge in [-0.05, 0) is 31.0 Å². The smallest absolute Gasteiger partial charge is 0.433 e. The number of nitrogens with one attached hydrogen (secondary N) is 1. The molecule has 23 heavy (non-hydrogen) atoms. The number of likely N-dealkylation sites (tertiary alicyclic amines) is 1. The molecule has 6 nitrogen and oxygen atoms in total. The third-order valence-corrected chi connectivity index (χ3v) is 3.84. The van der Waals surface area contributed by atoms with Crippen molar-refractivity contribution in [2.24, 2.45) is 5.41 Å². The molecule has 2 amide bonds. The first-order valence-corrected chi connectivity index (χ1v) is 6.90. The quantitative estimate of drug-likeness (QED) is 0.889. The molecule has 0 radical (unpaired) electrons. The van der Waals surface area contributed by atoms with Gasteiger partial charge < -0.3 is 15.3 Å². The van der Waals surface area contributed by atoms with Gasteiger partial charge in [-0.25, -0.2) is 4.79 Å². The van der Waals surface area contributed by atoms with Crippen LogP contribution >= 0.6 is 0 Å². The molecule has 0 aromatic carbocycles. The second kappa shape index (κ2) is 6.05. The largest absolute Gasteiger partial charge is 0.481 e. The van der Waals surface area contributed by atoms with Gasteiger partial charge in [0.2, 0.25) is 0 Å². The summed E-state index contributed by atoms with van der Waals surface area (Å²) in [5, 5.41) is 11.6. The minimum absolute atomic E-state index is 0.0678. The van der Waals surface area contributed by atoms with E-state index in [1.54, 1.807) is 6.92 Å². The fourth-order valence-corrected chi connectivity index (χ4v) is 2.34. The Labute approximate surface area is 130 Å². The summed E-state index contributed by atoms with van der Waals surface area (Å²) in [6.45, 7) is 1.82. The van der Waals surface area contributed by atoms with Crippen LogP contribution in [0.3, 0.4) is 0 Å². The van der Waals surface area contributed by atoms with Crippen LogP contribution in [0.2, 0.25) is 0 Å². The Bertz CT molecular complexity index is 621. The summed E-state index contributed by atoms with van der Waals surface area (Å²) in [6, 6.07) is 1.74. The number of amides is 2. The lowest BCUT2D eigenvalue weighted by atomic mass is 9.90. The van der Waals surface area contributed by atoms with Gasteiger partial charge in [-0.3, -0.25) is 9.78 Å². The molecule has 1 unspecified atom stereocenters. The highest BCUT2D eigenvalue weighted by molar-refractivity contribution is 5.79. The molecule has 1 saturated heterocycles. The predicted molar refractivity (Wildman–Crippen MR) is 73.4 cm³/mol. The number of carbonyl (C=O) groups is 2. The SMILES string of the molecule is CC1(C(=O)O)CCN(C(=O)NCc2ccnc(C(F)(F)F)c2)C1. The van der Waals surface area contributed by atoms with E-state index in [-0.39, 0.29) is 18.7 Å². The predicted octanol–water partition coefficient (Wildman–Crippen LogP) is 2.11. The highest BCUT2D eigenvalue weighted by Gasteiger charge is 2.42. The maximum atomic E-state index is 12.6. The molecule has 1 aliphatic heterocycles. The summed E-state index contributed by atoms with van der Waals surface area (Å²) in [6.07, 6.45) is -3.18. The fourth-order valence-electron chi connectivity index (χ4n) is 2.34. The molecule has 2 N–H and O–H groups in total. The lowest BCUT2D eigenvalue weighted by molar-refractivity contribution is -0.147. The lowest BCUT2D eigenvalue weighted by Crippen LogP contribution is -2.40. The van der Waals surface area contributed by atoms with E-state index in [4.69, 9.17) is 5.11 Å². The van der Waals surface area contributed by atoms with Crippen molar-refractivity contribution < 1.29 is 27.9 Å². The van der Waals surface area contributed by atoms with E-state index in [1.807, 2.05) is 0 Å². The first kappa shape index (κ1) is 17.0. The number of carboxylic acid groups (broad SMARTS) is 1. The van der Waals surface area contributed by atoms with Gasteiger partial charge in [0.25, 0.3) is 0 Å². The zero-order valence-corrected chi connectivity index (χ0v) is 12.4. The number of pyridine rings is 1. The molecule has 1 aromatic heterocycles. The maximum absolute atomic E-state index is 12.6. The van der Waals surface area contributed by atoms with Crippen LogP contribution < -0.4 is 5.32 Å². The summed E-state index contributed by atoms with van der Waals surface area (Å²) in [4.78, 5) is 27.7. The number of rotatable bonds is 3. The van der Waals surface area contributed by atoms with E-state index in [1.165, 1.54) is 11.0 Å². The standard InChI is InChI=1S/C14H16F3N3O3/c1-13(11(21)22)3-5-20(8-13)12(23)19-7-9-2-4-18-10(6-9)14(15,16)17/h2,4,6H,3,5,7-8H2,1H3,(H,19,23)(H,21,22). The second-order valence-electron chi connectivity index (χ2n) is 5.74. The number of carboxylic acids is 1. The Morgan fingerprint density at radius 3 is 2.74 bits per heavy atom. The highest BCUT2D eigenvalue weighted by Crippen LogP contribution is 2.30. The van der Waals surface area contributed by atoms with Crippen molar-refractivity contribution in [3.05, 3.63) is 29.6 Å². The number of halogens is 3. The maximum Gasteiger partial charge on any atom is 0.433 e. The molecule has 2 rings (SSSR count). The summed E-state index contributed by atoms with van der Waals surface area (Å²) < 4.78 is 37.7. The van der Waals surface area contributed by atoms with Gasteiger partial charge in [-0.15, -0.1) is 0 Å². The van der Waals surface area contributed by atoms with Crippen LogP contribution in [0.4, 0.5) is 18.0 Å². The Morgan fingerprint density at radius 2 is 2.17 bits per heavy atom. The summed E-state index contributed by atoms with van der Waals surface area (Å²) in [5.74, 6) is -0.975. The summed E-state index contributed by atoms with van der Waals surface area (Å²) in [5.41, 5.74) is -1.75. The number of carbonyl (C=O) groups excluding carboxylic acids is 1. The minimum atomic E-state index is -4.54. The van der Waals surface area contributed by atoms with E-state index in [2.05, 4.69) is 10.3 Å². The van der Waals surface area contributed by atoms with Gasteiger partial charge >= 0.3 is 18.2 Å². The molecule has 1 aliphatic rings. The van der Waals surface area contributed by atoms with Crippen molar-refractivity contribution in [2.75, 3.05) is 13.1 Å². The number of aromatic nitrogens is 1. The first-order chi connectivity index (χ1) is 10.6. The van der Waals surface area contributed by atoms with Gasteiger partial charge in [0.05, 0.1) is 5.41 Å². The fraction of sp³-hybridized carbons (Fsp3) is 0.500. The summed E-state index contributed by atoms with van der Waals surface area (Å²) >= 11 is 0. The molecule has 0 aliphatic carbocycles. The lowest BCUT2D eigenvalue weighted by Gasteiger charge is -2.20. The van der Waals surface area contributed by atoms with Crippen molar-refractivity contribution in [3.8, 4) is 0 Å². The zero-order chi connectivity index (χ0) is 17.3. The van der Waals surface area contributed by atoms with Crippen molar-refractivity contribution in [3.63, 3.8) is 0 Å². The molecule has 1 aromatic rings. The monoisotopic (exact) mass is 331 g/mol. The molecular weight excluding hydrogens is 315 g/mol. The van der Waals surface area contributed by atoms with Crippen molar-refractivity contribution in [1.29, 1.82) is 0 Å². The number of urea groups is 1. The normalized spacial score (nSPS) is 21.3. The Morgan fingerprint density at radius 1 is 1.48 bits per heavy atom. The Hall–Kier alpha value is -2.32. The molecule has 0 saturated carbocycles. The number of aliphatic carboxylic acids is 1. The van der Waals surface area contributed by atoms with Crippen LogP contribution in [0.5, 0.6) is 0 Å². The second-order valence-corrected chi connectivity index (χ2v) is 5.74. The van der Waals surface area contributed by atoms with Crippen LogP contribution in [0.25, 0.3) is 0 Å². The Kier molecular flexibility index (Phi) is 4.49. The number of hydrogen-bond donors (Lipinski definition) is 2. The van der Waals surface area contributed by atoms with E-state index < -0.39 is 29.3 Å². The van der Waals surface area contributed by atoms with Gasteiger partial charge in [0.15, 0.2) is 0 Å². The average molecular weight is 331 g/mol. The summed E-state index contributed by atoms with van der Waals surface area (Å²) in [7, 11) is 0. The Balaban J connectivity index is 1.94. The van der Waals surface area contributed by atoms with Crippen LogP contribution in [-0.2, 0) is 17.5 Å². The van der Waals surface area contributed by atoms with E-state index >= 15 is 0 Å². The molecule has 1 fully saturated rings. The van der Waals surface area contributed by atoms with Gasteiger partial charge in [-0.2, -0.15) is 13.2 Å². The molecular formula is C14H16F3N3O3. The third kappa shape index (κ3) is 3.91. The molecule has 9 heteroatoms. The topological polar surface area (TPSA) is 82.5 Å². The van der Waals surface area contributed by atoms with Crippen LogP contribution in [0.1, 0.15) is 24.6 Å². The van der Waals surface area contributed by atoms with Crippen molar-refractivity contribution in [2.45, 2.75) is 26.1 Å². The van der Waals surface area contributed by atoms with Crippen molar-refractivity contribution in [1.82, 2.24) is 15.2 Å². The van der Waals surface area contributed by atoms with Gasteiger partial charge in [0, 0.05) is 25.8 Å². The third-order valence-electron chi connectivity index (χ3n) is 3.84. The van der Waals surface area contributed by atoms with Gasteiger partial charge in [0.1, 0.15) is 5.69 Å². The van der Waals surface area contributed by atoms with E-state index in [0.717, 1.165) is 12.3 Å². The van der Waals surface area contributed by atoms with Crippen LogP contribution in [-0.4, -0.2) is 40.1 Å². The number of hydrogen-bond acceptors (Lipinski definition) is 3. The van der Waals surface area contributed by atoms with E-state index in [9.17, 15) is 22.8 Å². The molecule has 0 spiro atoms. The first-order valence-electron chi connectivity index (χ1n) is 6.90. The van der Waals surface area contributed by atoms with Crippen LogP contribution in [0, 0.1) is 5.41 Å². The molecule has 1 atom stereocenters.